The van der Waals surface area contributed by atoms with Gasteiger partial charge >= 0.3 is 6.16 Å². The number of nitrogens with zero attached hydrogens (tertiary/aromatic N) is 4. The SMILES string of the molecule is CCC(CC)Nc1c(C#N)c(OC(=O)Oc2c(C#N)c(NC(CC)CC)c(C#N)c(C(C)(C)C)c2OC)c(OC)c(C(C)(C)C)c1C#N. The minimum absolute atomic E-state index is 0.0291. The zero-order valence-electron chi connectivity index (χ0n) is 30.3. The molecule has 2 N–H and O–H groups in total. The van der Waals surface area contributed by atoms with Crippen LogP contribution in [-0.4, -0.2) is 32.5 Å². The third kappa shape index (κ3) is 7.87. The molecule has 0 amide bonds. The predicted molar refractivity (Wildman–Crippen MR) is 185 cm³/mol. The minimum Gasteiger partial charge on any atom is -0.492 e. The first-order chi connectivity index (χ1) is 22.6. The molecule has 0 unspecified atom stereocenters. The van der Waals surface area contributed by atoms with Gasteiger partial charge in [0.1, 0.15) is 35.4 Å². The van der Waals surface area contributed by atoms with Gasteiger partial charge in [-0.1, -0.05) is 69.2 Å². The molecule has 0 fully saturated rings. The van der Waals surface area contributed by atoms with E-state index in [4.69, 9.17) is 18.9 Å². The summed E-state index contributed by atoms with van der Waals surface area (Å²) in [6.07, 6.45) is 1.55. The molecular weight excluding hydrogens is 608 g/mol. The number of nitrogens with one attached hydrogen (secondary N) is 2. The van der Waals surface area contributed by atoms with Crippen molar-refractivity contribution < 1.29 is 23.7 Å². The Hall–Kier alpha value is -5.13. The van der Waals surface area contributed by atoms with Gasteiger partial charge in [-0.2, -0.15) is 21.0 Å². The number of hydrogen-bond acceptors (Lipinski definition) is 11. The van der Waals surface area contributed by atoms with Crippen LogP contribution in [0.1, 0.15) is 128 Å². The summed E-state index contributed by atoms with van der Waals surface area (Å²) in [7, 11) is 2.73. The molecule has 2 aromatic rings. The topological polar surface area (TPSA) is 173 Å². The van der Waals surface area contributed by atoms with Gasteiger partial charge in [-0.05, 0) is 36.5 Å². The van der Waals surface area contributed by atoms with Crippen LogP contribution in [0.4, 0.5) is 16.2 Å². The first kappa shape index (κ1) is 39.1. The Kier molecular flexibility index (Phi) is 13.1. The molecule has 0 aromatic heterocycles. The van der Waals surface area contributed by atoms with Crippen LogP contribution in [0.5, 0.6) is 23.0 Å². The molecule has 0 radical (unpaired) electrons. The van der Waals surface area contributed by atoms with Gasteiger partial charge in [-0.25, -0.2) is 4.79 Å². The molecule has 11 nitrogen and oxygen atoms in total. The Bertz CT molecular complexity index is 1560. The average Bonchev–Trinajstić information content (AvgIpc) is 3.04. The number of hydrogen-bond donors (Lipinski definition) is 2. The molecule has 0 saturated carbocycles. The molecule has 2 rings (SSSR count). The van der Waals surface area contributed by atoms with E-state index in [0.717, 1.165) is 0 Å². The Morgan fingerprint density at radius 2 is 0.875 bits per heavy atom. The largest absolute Gasteiger partial charge is 0.519 e. The maximum absolute atomic E-state index is 13.8. The van der Waals surface area contributed by atoms with E-state index in [2.05, 4.69) is 34.9 Å². The van der Waals surface area contributed by atoms with Crippen molar-refractivity contribution in [2.24, 2.45) is 0 Å². The van der Waals surface area contributed by atoms with Gasteiger partial charge in [0, 0.05) is 23.2 Å². The molecule has 0 aliphatic carbocycles. The number of rotatable bonds is 12. The Balaban J connectivity index is 3.00. The zero-order chi connectivity index (χ0) is 36.6. The number of nitriles is 4. The molecule has 0 saturated heterocycles. The lowest BCUT2D eigenvalue weighted by atomic mass is 9.81. The van der Waals surface area contributed by atoms with Crippen LogP contribution in [-0.2, 0) is 10.8 Å². The van der Waals surface area contributed by atoms with Crippen molar-refractivity contribution in [3.8, 4) is 47.3 Å². The smallest absolute Gasteiger partial charge is 0.492 e. The summed E-state index contributed by atoms with van der Waals surface area (Å²) in [5.74, 6) is -0.414. The molecule has 256 valence electrons. The van der Waals surface area contributed by atoms with Crippen LogP contribution < -0.4 is 29.6 Å². The molecule has 0 atom stereocenters. The Morgan fingerprint density at radius 3 is 1.08 bits per heavy atom. The second-order valence-electron chi connectivity index (χ2n) is 13.4. The van der Waals surface area contributed by atoms with Crippen molar-refractivity contribution in [1.82, 2.24) is 0 Å². The van der Waals surface area contributed by atoms with Gasteiger partial charge in [0.2, 0.25) is 0 Å². The van der Waals surface area contributed by atoms with Gasteiger partial charge < -0.3 is 29.6 Å². The number of carbonyl (C=O) groups excluding carboxylic acids is 1. The predicted octanol–water partition coefficient (Wildman–Crippen LogP) is 8.56. The summed E-state index contributed by atoms with van der Waals surface area (Å²) in [6.45, 7) is 19.2. The fourth-order valence-corrected chi connectivity index (χ4v) is 5.73. The van der Waals surface area contributed by atoms with Crippen LogP contribution in [0.3, 0.4) is 0 Å². The molecule has 2 aromatic carbocycles. The monoisotopic (exact) mass is 656 g/mol. The van der Waals surface area contributed by atoms with Crippen molar-refractivity contribution in [2.45, 2.75) is 118 Å². The van der Waals surface area contributed by atoms with E-state index in [-0.39, 0.29) is 68.7 Å². The molecule has 48 heavy (non-hydrogen) atoms. The number of benzene rings is 2. The lowest BCUT2D eigenvalue weighted by Gasteiger charge is -2.29. The van der Waals surface area contributed by atoms with Crippen LogP contribution >= 0.6 is 0 Å². The highest BCUT2D eigenvalue weighted by molar-refractivity contribution is 5.84. The first-order valence-corrected chi connectivity index (χ1v) is 16.2. The minimum atomic E-state index is -1.28. The van der Waals surface area contributed by atoms with E-state index < -0.39 is 17.0 Å². The fourth-order valence-electron chi connectivity index (χ4n) is 5.73. The molecule has 0 heterocycles. The quantitative estimate of drug-likeness (QED) is 0.165. The van der Waals surface area contributed by atoms with Crippen molar-refractivity contribution in [1.29, 1.82) is 21.0 Å². The van der Waals surface area contributed by atoms with E-state index in [1.807, 2.05) is 69.2 Å². The maximum atomic E-state index is 13.8. The van der Waals surface area contributed by atoms with Gasteiger partial charge in [0.15, 0.2) is 23.0 Å². The third-order valence-electron chi connectivity index (χ3n) is 8.22. The van der Waals surface area contributed by atoms with Gasteiger partial charge in [0.05, 0.1) is 36.7 Å². The summed E-state index contributed by atoms with van der Waals surface area (Å²) in [4.78, 5) is 13.8. The van der Waals surface area contributed by atoms with Gasteiger partial charge in [-0.15, -0.1) is 0 Å². The second kappa shape index (κ2) is 16.1. The van der Waals surface area contributed by atoms with E-state index in [9.17, 15) is 25.8 Å². The summed E-state index contributed by atoms with van der Waals surface area (Å²) < 4.78 is 23.1. The number of carbonyl (C=O) groups is 1. The van der Waals surface area contributed by atoms with Gasteiger partial charge in [-0.3, -0.25) is 0 Å². The van der Waals surface area contributed by atoms with E-state index >= 15 is 0 Å². The summed E-state index contributed by atoms with van der Waals surface area (Å²) in [5.41, 5.74) is 0.137. The lowest BCUT2D eigenvalue weighted by molar-refractivity contribution is 0.148. The maximum Gasteiger partial charge on any atom is 0.519 e. The zero-order valence-corrected chi connectivity index (χ0v) is 30.3. The number of methoxy groups -OCH3 is 2. The number of ether oxygens (including phenoxy) is 4. The van der Waals surface area contributed by atoms with Crippen molar-refractivity contribution in [2.75, 3.05) is 24.9 Å². The Morgan fingerprint density at radius 1 is 0.583 bits per heavy atom. The average molecular weight is 657 g/mol. The van der Waals surface area contributed by atoms with Crippen LogP contribution in [0, 0.1) is 45.3 Å². The van der Waals surface area contributed by atoms with E-state index in [0.29, 0.717) is 36.8 Å². The Labute approximate surface area is 285 Å². The normalized spacial score (nSPS) is 11.2. The van der Waals surface area contributed by atoms with E-state index in [1.54, 1.807) is 0 Å². The highest BCUT2D eigenvalue weighted by Crippen LogP contribution is 2.50. The molecule has 0 bridgehead atoms. The summed E-state index contributed by atoms with van der Waals surface area (Å²) in [6, 6.07) is 8.51. The lowest BCUT2D eigenvalue weighted by Crippen LogP contribution is -2.25. The standard InChI is InChI=1S/C37H48N6O5/c1-13-21(14-2)42-29-23(17-38)27(36(5,6)7)33(45-11)31(25(29)19-40)47-35(44)48-32-26(20-41)30(43-22(15-3)16-4)24(18-39)28(34(32)46-12)37(8,9)10/h21-22,42-43H,13-16H2,1-12H3. The fraction of sp³-hybridized carbons (Fsp3) is 0.541. The highest BCUT2D eigenvalue weighted by atomic mass is 16.7. The van der Waals surface area contributed by atoms with Crippen LogP contribution in [0.25, 0.3) is 0 Å². The van der Waals surface area contributed by atoms with E-state index in [1.165, 1.54) is 14.2 Å². The number of anilines is 2. The molecule has 0 aliphatic heterocycles. The molecule has 0 aliphatic rings. The molecule has 0 spiro atoms. The van der Waals surface area contributed by atoms with Crippen molar-refractivity contribution in [3.63, 3.8) is 0 Å². The first-order valence-electron chi connectivity index (χ1n) is 16.2. The third-order valence-corrected chi connectivity index (χ3v) is 8.22. The van der Waals surface area contributed by atoms with Crippen molar-refractivity contribution in [3.05, 3.63) is 33.4 Å². The molecular formula is C37H48N6O5. The summed E-state index contributed by atoms with van der Waals surface area (Å²) >= 11 is 0. The second-order valence-corrected chi connectivity index (χ2v) is 13.4. The molecule has 11 heteroatoms. The van der Waals surface area contributed by atoms with Crippen molar-refractivity contribution >= 4 is 17.5 Å². The van der Waals surface area contributed by atoms with Gasteiger partial charge in [0.25, 0.3) is 0 Å². The van der Waals surface area contributed by atoms with Crippen LogP contribution in [0.2, 0.25) is 0 Å². The van der Waals surface area contributed by atoms with Crippen LogP contribution in [0.15, 0.2) is 0 Å². The summed E-state index contributed by atoms with van der Waals surface area (Å²) in [5, 5.41) is 48.2. The highest BCUT2D eigenvalue weighted by Gasteiger charge is 2.37.